The Kier molecular flexibility index (Phi) is 3.63. The number of hydrogen-bond donors (Lipinski definition) is 0. The van der Waals surface area contributed by atoms with E-state index in [0.717, 1.165) is 30.7 Å². The summed E-state index contributed by atoms with van der Waals surface area (Å²) in [6, 6.07) is 6.86. The quantitative estimate of drug-likeness (QED) is 0.796. The highest BCUT2D eigenvalue weighted by Crippen LogP contribution is 2.50. The van der Waals surface area contributed by atoms with Crippen LogP contribution < -0.4 is 0 Å². The Morgan fingerprint density at radius 2 is 1.65 bits per heavy atom. The second kappa shape index (κ2) is 5.15. The van der Waals surface area contributed by atoms with Gasteiger partial charge >= 0.3 is 0 Å². The first-order valence-electron chi connectivity index (χ1n) is 7.45. The molecule has 2 bridgehead atoms. The van der Waals surface area contributed by atoms with E-state index in [9.17, 15) is 8.42 Å². The molecule has 20 heavy (non-hydrogen) atoms. The highest BCUT2D eigenvalue weighted by atomic mass is 32.2. The molecule has 4 heteroatoms. The summed E-state index contributed by atoms with van der Waals surface area (Å²) >= 11 is 0. The van der Waals surface area contributed by atoms with Crippen molar-refractivity contribution in [1.82, 2.24) is 0 Å². The Bertz CT molecular complexity index is 552. The van der Waals surface area contributed by atoms with E-state index in [1.165, 1.54) is 19.3 Å². The molecule has 0 heterocycles. The normalized spacial score (nSPS) is 29.6. The van der Waals surface area contributed by atoms with Crippen LogP contribution in [0.3, 0.4) is 0 Å². The molecule has 0 aliphatic heterocycles. The van der Waals surface area contributed by atoms with Gasteiger partial charge in [0, 0.05) is 0 Å². The summed E-state index contributed by atoms with van der Waals surface area (Å²) in [5.41, 5.74) is 1.17. The zero-order valence-electron chi connectivity index (χ0n) is 12.0. The van der Waals surface area contributed by atoms with E-state index in [2.05, 4.69) is 0 Å². The predicted octanol–water partition coefficient (Wildman–Crippen LogP) is 3.67. The van der Waals surface area contributed by atoms with Gasteiger partial charge in [-0.05, 0) is 68.9 Å². The van der Waals surface area contributed by atoms with E-state index < -0.39 is 10.1 Å². The minimum atomic E-state index is -3.61. The van der Waals surface area contributed by atoms with Gasteiger partial charge in [-0.15, -0.1) is 0 Å². The van der Waals surface area contributed by atoms with E-state index in [0.29, 0.717) is 6.61 Å². The van der Waals surface area contributed by atoms with Gasteiger partial charge in [0.1, 0.15) is 0 Å². The first-order chi connectivity index (χ1) is 9.49. The molecule has 0 N–H and O–H groups in total. The lowest BCUT2D eigenvalue weighted by molar-refractivity contribution is 0.0213. The molecule has 110 valence electrons. The molecule has 0 aromatic heterocycles. The molecule has 3 saturated carbocycles. The van der Waals surface area contributed by atoms with Gasteiger partial charge in [0.2, 0.25) is 0 Å². The van der Waals surface area contributed by atoms with E-state index in [4.69, 9.17) is 4.18 Å². The van der Waals surface area contributed by atoms with Crippen molar-refractivity contribution in [2.75, 3.05) is 6.61 Å². The van der Waals surface area contributed by atoms with E-state index in [-0.39, 0.29) is 10.3 Å². The molecule has 1 aromatic rings. The lowest BCUT2D eigenvalue weighted by Crippen LogP contribution is -2.38. The second-order valence-electron chi connectivity index (χ2n) is 6.51. The summed E-state index contributed by atoms with van der Waals surface area (Å²) in [6.45, 7) is 2.30. The van der Waals surface area contributed by atoms with Crippen LogP contribution in [0.5, 0.6) is 0 Å². The van der Waals surface area contributed by atoms with Gasteiger partial charge in [-0.25, -0.2) is 0 Å². The van der Waals surface area contributed by atoms with Gasteiger partial charge in [-0.2, -0.15) is 8.42 Å². The van der Waals surface area contributed by atoms with Crippen LogP contribution in [0.4, 0.5) is 0 Å². The number of rotatable bonds is 4. The van der Waals surface area contributed by atoms with Gasteiger partial charge in [0.25, 0.3) is 10.1 Å². The fourth-order valence-corrected chi connectivity index (χ4v) is 4.54. The van der Waals surface area contributed by atoms with Crippen molar-refractivity contribution < 1.29 is 12.6 Å². The number of fused-ring (bicyclic) bond motifs is 3. The van der Waals surface area contributed by atoms with Crippen molar-refractivity contribution in [3.8, 4) is 0 Å². The molecule has 3 fully saturated rings. The minimum Gasteiger partial charge on any atom is -0.266 e. The third kappa shape index (κ3) is 2.77. The molecule has 3 nitrogen and oxygen atoms in total. The van der Waals surface area contributed by atoms with Crippen molar-refractivity contribution in [3.63, 3.8) is 0 Å². The van der Waals surface area contributed by atoms with Crippen LogP contribution in [-0.2, 0) is 14.3 Å². The summed E-state index contributed by atoms with van der Waals surface area (Å²) in [5.74, 6) is 0.880. The average molecular weight is 294 g/mol. The third-order valence-corrected chi connectivity index (χ3v) is 6.36. The molecule has 0 amide bonds. The zero-order valence-corrected chi connectivity index (χ0v) is 12.8. The highest BCUT2D eigenvalue weighted by Gasteiger charge is 2.41. The topological polar surface area (TPSA) is 43.4 Å². The number of aryl methyl sites for hydroxylation is 1. The summed E-state index contributed by atoms with van der Waals surface area (Å²) in [5, 5.41) is 0. The zero-order chi connectivity index (χ0) is 14.2. The van der Waals surface area contributed by atoms with Crippen molar-refractivity contribution in [2.24, 2.45) is 11.3 Å². The van der Waals surface area contributed by atoms with Crippen LogP contribution >= 0.6 is 0 Å². The number of hydrogen-bond acceptors (Lipinski definition) is 3. The molecule has 0 unspecified atom stereocenters. The van der Waals surface area contributed by atoms with Gasteiger partial charge in [0.15, 0.2) is 0 Å². The first-order valence-corrected chi connectivity index (χ1v) is 8.86. The lowest BCUT2D eigenvalue weighted by atomic mass is 9.61. The summed E-state index contributed by atoms with van der Waals surface area (Å²) in [7, 11) is -3.61. The molecular weight excluding hydrogens is 272 g/mol. The van der Waals surface area contributed by atoms with Crippen molar-refractivity contribution in [1.29, 1.82) is 0 Å². The van der Waals surface area contributed by atoms with Crippen molar-refractivity contribution in [3.05, 3.63) is 29.8 Å². The van der Waals surface area contributed by atoms with Crippen molar-refractivity contribution in [2.45, 2.75) is 50.3 Å². The van der Waals surface area contributed by atoms with E-state index in [1.807, 2.05) is 6.92 Å². The minimum absolute atomic E-state index is 0.118. The van der Waals surface area contributed by atoms with Crippen LogP contribution in [0.2, 0.25) is 0 Å². The van der Waals surface area contributed by atoms with Crippen LogP contribution in [-0.4, -0.2) is 15.0 Å². The molecule has 0 radical (unpaired) electrons. The monoisotopic (exact) mass is 294 g/mol. The molecule has 3 aliphatic rings. The fraction of sp³-hybridized carbons (Fsp3) is 0.625. The smallest absolute Gasteiger partial charge is 0.266 e. The van der Waals surface area contributed by atoms with Crippen LogP contribution in [0.25, 0.3) is 0 Å². The van der Waals surface area contributed by atoms with E-state index >= 15 is 0 Å². The highest BCUT2D eigenvalue weighted by molar-refractivity contribution is 7.86. The molecule has 0 spiro atoms. The maximum absolute atomic E-state index is 12.2. The second-order valence-corrected chi connectivity index (χ2v) is 8.13. The van der Waals surface area contributed by atoms with Gasteiger partial charge in [0.05, 0.1) is 11.5 Å². The van der Waals surface area contributed by atoms with E-state index in [1.54, 1.807) is 24.3 Å². The number of benzene rings is 1. The Labute approximate surface area is 121 Å². The standard InChI is InChI=1S/C16H22O3S/c1-13-2-4-15(5-3-13)20(17,18)19-12-16-9-6-14(7-10-16)8-11-16/h2-5,14H,6-12H2,1H3. The van der Waals surface area contributed by atoms with Crippen LogP contribution in [0.15, 0.2) is 29.2 Å². The third-order valence-electron chi connectivity index (χ3n) is 5.08. The van der Waals surface area contributed by atoms with Gasteiger partial charge in [-0.3, -0.25) is 4.18 Å². The molecule has 1 aromatic carbocycles. The van der Waals surface area contributed by atoms with Crippen molar-refractivity contribution >= 4 is 10.1 Å². The summed E-state index contributed by atoms with van der Waals surface area (Å²) in [4.78, 5) is 0.268. The molecule has 0 atom stereocenters. The molecule has 0 saturated heterocycles. The lowest BCUT2D eigenvalue weighted by Gasteiger charge is -2.46. The Morgan fingerprint density at radius 3 is 2.20 bits per heavy atom. The average Bonchev–Trinajstić information content (AvgIpc) is 2.48. The van der Waals surface area contributed by atoms with Gasteiger partial charge < -0.3 is 0 Å². The molecule has 4 rings (SSSR count). The van der Waals surface area contributed by atoms with Crippen LogP contribution in [0.1, 0.15) is 44.1 Å². The first kappa shape index (κ1) is 14.1. The fourth-order valence-electron chi connectivity index (χ4n) is 3.53. The SMILES string of the molecule is Cc1ccc(S(=O)(=O)OCC23CCC(CC2)CC3)cc1. The Hall–Kier alpha value is -0.870. The maximum Gasteiger partial charge on any atom is 0.296 e. The summed E-state index contributed by atoms with van der Waals surface area (Å²) < 4.78 is 29.9. The Balaban J connectivity index is 1.69. The van der Waals surface area contributed by atoms with Crippen LogP contribution in [0, 0.1) is 18.3 Å². The van der Waals surface area contributed by atoms with Gasteiger partial charge in [-0.1, -0.05) is 17.7 Å². The summed E-state index contributed by atoms with van der Waals surface area (Å²) in [6.07, 6.45) is 7.11. The molecule has 3 aliphatic carbocycles. The predicted molar refractivity (Wildman–Crippen MR) is 77.9 cm³/mol. The largest absolute Gasteiger partial charge is 0.296 e. The molecular formula is C16H22O3S. The maximum atomic E-state index is 12.2. The Morgan fingerprint density at radius 1 is 1.10 bits per heavy atom.